The van der Waals surface area contributed by atoms with Crippen LogP contribution >= 0.6 is 15.9 Å². The lowest BCUT2D eigenvalue weighted by atomic mass is 10.1. The molecule has 106 valence electrons. The third-order valence-electron chi connectivity index (χ3n) is 3.94. The van der Waals surface area contributed by atoms with E-state index in [2.05, 4.69) is 30.8 Å². The summed E-state index contributed by atoms with van der Waals surface area (Å²) in [5.74, 6) is -0.217. The summed E-state index contributed by atoms with van der Waals surface area (Å²) < 4.78 is 15.9. The summed E-state index contributed by atoms with van der Waals surface area (Å²) in [6.07, 6.45) is 9.32. The molecular weight excluding hydrogens is 321 g/mol. The van der Waals surface area contributed by atoms with E-state index in [9.17, 15) is 4.39 Å². The van der Waals surface area contributed by atoms with Gasteiger partial charge < -0.3 is 9.88 Å². The van der Waals surface area contributed by atoms with Crippen molar-refractivity contribution in [3.63, 3.8) is 0 Å². The van der Waals surface area contributed by atoms with Gasteiger partial charge >= 0.3 is 0 Å². The average Bonchev–Trinajstić information content (AvgIpc) is 3.09. The SMILES string of the molecule is Fc1ccc(CNC2CCCC2n2ccnc2)cc1Br. The Balaban J connectivity index is 1.64. The Bertz CT molecular complexity index is 571. The molecule has 1 aliphatic carbocycles. The van der Waals surface area contributed by atoms with Gasteiger partial charge in [0.05, 0.1) is 10.8 Å². The monoisotopic (exact) mass is 337 g/mol. The molecule has 0 amide bonds. The Hall–Kier alpha value is -1.20. The Kier molecular flexibility index (Phi) is 4.17. The van der Waals surface area contributed by atoms with Crippen molar-refractivity contribution in [2.75, 3.05) is 0 Å². The predicted octanol–water partition coefficient (Wildman–Crippen LogP) is 3.67. The first-order chi connectivity index (χ1) is 9.74. The molecule has 1 aromatic carbocycles. The summed E-state index contributed by atoms with van der Waals surface area (Å²) in [4.78, 5) is 4.13. The molecule has 0 spiro atoms. The Morgan fingerprint density at radius 3 is 3.05 bits per heavy atom. The second-order valence-corrected chi connectivity index (χ2v) is 6.10. The van der Waals surface area contributed by atoms with Crippen molar-refractivity contribution in [2.24, 2.45) is 0 Å². The van der Waals surface area contributed by atoms with E-state index in [0.717, 1.165) is 12.1 Å². The number of imidazole rings is 1. The molecule has 0 aliphatic heterocycles. The average molecular weight is 338 g/mol. The minimum Gasteiger partial charge on any atom is -0.333 e. The van der Waals surface area contributed by atoms with E-state index < -0.39 is 0 Å². The van der Waals surface area contributed by atoms with Gasteiger partial charge in [0.15, 0.2) is 0 Å². The van der Waals surface area contributed by atoms with Crippen molar-refractivity contribution >= 4 is 15.9 Å². The van der Waals surface area contributed by atoms with Crippen LogP contribution in [0.2, 0.25) is 0 Å². The molecule has 1 saturated carbocycles. The van der Waals surface area contributed by atoms with Crippen LogP contribution in [-0.2, 0) is 6.54 Å². The van der Waals surface area contributed by atoms with Gasteiger partial charge in [-0.05, 0) is 52.9 Å². The molecule has 3 rings (SSSR count). The molecule has 1 N–H and O–H groups in total. The highest BCUT2D eigenvalue weighted by atomic mass is 79.9. The number of nitrogens with zero attached hydrogens (tertiary/aromatic N) is 2. The fourth-order valence-electron chi connectivity index (χ4n) is 2.90. The molecule has 3 nitrogen and oxygen atoms in total. The van der Waals surface area contributed by atoms with Gasteiger partial charge in [-0.15, -0.1) is 0 Å². The minimum atomic E-state index is -0.217. The van der Waals surface area contributed by atoms with Crippen LogP contribution in [-0.4, -0.2) is 15.6 Å². The summed E-state index contributed by atoms with van der Waals surface area (Å²) in [7, 11) is 0. The van der Waals surface area contributed by atoms with E-state index in [0.29, 0.717) is 16.6 Å². The van der Waals surface area contributed by atoms with Gasteiger partial charge in [0.25, 0.3) is 0 Å². The topological polar surface area (TPSA) is 29.9 Å². The number of nitrogens with one attached hydrogen (secondary N) is 1. The van der Waals surface area contributed by atoms with Crippen LogP contribution in [0.1, 0.15) is 30.9 Å². The van der Waals surface area contributed by atoms with Crippen LogP contribution < -0.4 is 5.32 Å². The van der Waals surface area contributed by atoms with E-state index in [-0.39, 0.29) is 5.82 Å². The number of hydrogen-bond donors (Lipinski definition) is 1. The second kappa shape index (κ2) is 6.06. The molecule has 1 heterocycles. The normalized spacial score (nSPS) is 22.3. The van der Waals surface area contributed by atoms with Gasteiger partial charge in [0.1, 0.15) is 5.82 Å². The van der Waals surface area contributed by atoms with Crippen LogP contribution in [0, 0.1) is 5.82 Å². The van der Waals surface area contributed by atoms with Crippen LogP contribution in [0.4, 0.5) is 4.39 Å². The molecule has 0 saturated heterocycles. The maximum Gasteiger partial charge on any atom is 0.137 e. The summed E-state index contributed by atoms with van der Waals surface area (Å²) in [6, 6.07) is 6.09. The van der Waals surface area contributed by atoms with Gasteiger partial charge in [0, 0.05) is 31.0 Å². The Morgan fingerprint density at radius 1 is 1.40 bits per heavy atom. The van der Waals surface area contributed by atoms with E-state index in [1.807, 2.05) is 30.9 Å². The highest BCUT2D eigenvalue weighted by Gasteiger charge is 2.27. The number of aromatic nitrogens is 2. The smallest absolute Gasteiger partial charge is 0.137 e. The molecule has 1 aromatic heterocycles. The van der Waals surface area contributed by atoms with E-state index >= 15 is 0 Å². The van der Waals surface area contributed by atoms with Crippen molar-refractivity contribution in [3.8, 4) is 0 Å². The first-order valence-corrected chi connectivity index (χ1v) is 7.68. The van der Waals surface area contributed by atoms with E-state index in [1.54, 1.807) is 0 Å². The summed E-state index contributed by atoms with van der Waals surface area (Å²) >= 11 is 3.23. The fraction of sp³-hybridized carbons (Fsp3) is 0.400. The Morgan fingerprint density at radius 2 is 2.30 bits per heavy atom. The lowest BCUT2D eigenvalue weighted by Gasteiger charge is -2.22. The highest BCUT2D eigenvalue weighted by Crippen LogP contribution is 2.30. The number of halogens is 2. The zero-order valence-corrected chi connectivity index (χ0v) is 12.7. The van der Waals surface area contributed by atoms with Gasteiger partial charge in [-0.3, -0.25) is 0 Å². The standard InChI is InChI=1S/C15H17BrFN3/c16-12-8-11(4-5-13(12)17)9-19-14-2-1-3-15(14)20-7-6-18-10-20/h4-8,10,14-15,19H,1-3,9H2. The van der Waals surface area contributed by atoms with Crippen molar-refractivity contribution < 1.29 is 4.39 Å². The molecule has 0 bridgehead atoms. The van der Waals surface area contributed by atoms with Gasteiger partial charge in [-0.2, -0.15) is 0 Å². The molecule has 5 heteroatoms. The van der Waals surface area contributed by atoms with E-state index in [1.165, 1.54) is 25.3 Å². The quantitative estimate of drug-likeness (QED) is 0.922. The van der Waals surface area contributed by atoms with Crippen molar-refractivity contribution in [1.29, 1.82) is 0 Å². The lowest BCUT2D eigenvalue weighted by Crippen LogP contribution is -2.33. The molecule has 2 aromatic rings. The maximum atomic E-state index is 13.2. The van der Waals surface area contributed by atoms with Gasteiger partial charge in [-0.1, -0.05) is 6.07 Å². The van der Waals surface area contributed by atoms with Crippen molar-refractivity contribution in [2.45, 2.75) is 37.9 Å². The largest absolute Gasteiger partial charge is 0.333 e. The zero-order valence-electron chi connectivity index (χ0n) is 11.1. The molecule has 20 heavy (non-hydrogen) atoms. The summed E-state index contributed by atoms with van der Waals surface area (Å²) in [6.45, 7) is 0.759. The third-order valence-corrected chi connectivity index (χ3v) is 4.55. The van der Waals surface area contributed by atoms with Gasteiger partial charge in [-0.25, -0.2) is 9.37 Å². The number of benzene rings is 1. The van der Waals surface area contributed by atoms with Crippen LogP contribution in [0.15, 0.2) is 41.4 Å². The van der Waals surface area contributed by atoms with E-state index in [4.69, 9.17) is 0 Å². The fourth-order valence-corrected chi connectivity index (χ4v) is 3.33. The van der Waals surface area contributed by atoms with Crippen molar-refractivity contribution in [3.05, 3.63) is 52.8 Å². The molecule has 0 radical (unpaired) electrons. The predicted molar refractivity (Wildman–Crippen MR) is 79.8 cm³/mol. The maximum absolute atomic E-state index is 13.2. The van der Waals surface area contributed by atoms with Crippen LogP contribution in [0.5, 0.6) is 0 Å². The first kappa shape index (κ1) is 13.8. The third kappa shape index (κ3) is 2.94. The molecule has 1 fully saturated rings. The molecule has 2 unspecified atom stereocenters. The lowest BCUT2D eigenvalue weighted by molar-refractivity contribution is 0.390. The van der Waals surface area contributed by atoms with Crippen LogP contribution in [0.25, 0.3) is 0 Å². The Labute approximate surface area is 126 Å². The zero-order chi connectivity index (χ0) is 13.9. The highest BCUT2D eigenvalue weighted by molar-refractivity contribution is 9.10. The number of hydrogen-bond acceptors (Lipinski definition) is 2. The van der Waals surface area contributed by atoms with Gasteiger partial charge in [0.2, 0.25) is 0 Å². The summed E-state index contributed by atoms with van der Waals surface area (Å²) in [5.41, 5.74) is 1.09. The molecule has 1 aliphatic rings. The molecule has 2 atom stereocenters. The molecular formula is C15H17BrFN3. The first-order valence-electron chi connectivity index (χ1n) is 6.89. The van der Waals surface area contributed by atoms with Crippen molar-refractivity contribution in [1.82, 2.24) is 14.9 Å². The summed E-state index contributed by atoms with van der Waals surface area (Å²) in [5, 5.41) is 3.59. The van der Waals surface area contributed by atoms with Crippen LogP contribution in [0.3, 0.4) is 0 Å². The second-order valence-electron chi connectivity index (χ2n) is 5.24. The minimum absolute atomic E-state index is 0.217. The number of rotatable bonds is 4.